The number of nitrogens with zero attached hydrogens (tertiary/aromatic N) is 4. The van der Waals surface area contributed by atoms with Crippen LogP contribution >= 0.6 is 31.9 Å². The van der Waals surface area contributed by atoms with Gasteiger partial charge < -0.3 is 15.0 Å². The number of fused-ring (bicyclic) bond motifs is 1. The van der Waals surface area contributed by atoms with E-state index in [4.69, 9.17) is 4.74 Å². The fourth-order valence-corrected chi connectivity index (χ4v) is 5.45. The molecular weight excluding hydrogens is 574 g/mol. The molecule has 1 heterocycles. The molecule has 1 N–H and O–H groups in total. The molecule has 0 fully saturated rings. The van der Waals surface area contributed by atoms with Gasteiger partial charge in [-0.15, -0.1) is 10.2 Å². The minimum atomic E-state index is -0.249. The monoisotopic (exact) mass is 599 g/mol. The number of aromatic nitrogens is 3. The quantitative estimate of drug-likeness (QED) is 0.252. The molecule has 9 heteroatoms. The van der Waals surface area contributed by atoms with Gasteiger partial charge in [0.15, 0.2) is 6.61 Å². The molecular formula is C26H27Br2N5O2. The van der Waals surface area contributed by atoms with E-state index in [0.29, 0.717) is 17.0 Å². The molecule has 4 rings (SSSR count). The highest BCUT2D eigenvalue weighted by atomic mass is 79.9. The molecule has 0 spiro atoms. The molecule has 35 heavy (non-hydrogen) atoms. The number of amides is 1. The number of rotatable bonds is 8. The van der Waals surface area contributed by atoms with E-state index in [1.165, 1.54) is 5.69 Å². The van der Waals surface area contributed by atoms with Crippen LogP contribution in [0.15, 0.2) is 57.5 Å². The Morgan fingerprint density at radius 3 is 2.26 bits per heavy atom. The summed E-state index contributed by atoms with van der Waals surface area (Å²) >= 11 is 6.94. The van der Waals surface area contributed by atoms with E-state index in [0.717, 1.165) is 44.4 Å². The first-order chi connectivity index (χ1) is 16.8. The summed E-state index contributed by atoms with van der Waals surface area (Å²) in [5.41, 5.74) is 6.02. The number of carbonyl (C=O) groups is 1. The lowest BCUT2D eigenvalue weighted by molar-refractivity contribution is -0.118. The maximum Gasteiger partial charge on any atom is 0.262 e. The molecule has 0 unspecified atom stereocenters. The number of hydrogen-bond donors (Lipinski definition) is 1. The molecule has 7 nitrogen and oxygen atoms in total. The van der Waals surface area contributed by atoms with E-state index in [2.05, 4.69) is 78.3 Å². The van der Waals surface area contributed by atoms with Crippen molar-refractivity contribution >= 4 is 60.2 Å². The third-order valence-electron chi connectivity index (χ3n) is 5.75. The van der Waals surface area contributed by atoms with Gasteiger partial charge >= 0.3 is 0 Å². The van der Waals surface area contributed by atoms with Crippen molar-refractivity contribution < 1.29 is 9.53 Å². The summed E-state index contributed by atoms with van der Waals surface area (Å²) in [4.78, 5) is 16.5. The molecule has 0 bridgehead atoms. The van der Waals surface area contributed by atoms with Crippen LogP contribution < -0.4 is 15.0 Å². The summed E-state index contributed by atoms with van der Waals surface area (Å²) in [5, 5.41) is 12.2. The molecule has 0 atom stereocenters. The van der Waals surface area contributed by atoms with Crippen LogP contribution in [-0.4, -0.2) is 40.6 Å². The van der Waals surface area contributed by atoms with Gasteiger partial charge in [0.2, 0.25) is 0 Å². The van der Waals surface area contributed by atoms with Gasteiger partial charge in [-0.1, -0.05) is 15.9 Å². The van der Waals surface area contributed by atoms with E-state index in [-0.39, 0.29) is 12.5 Å². The molecule has 1 aromatic heterocycles. The molecule has 0 aliphatic carbocycles. The van der Waals surface area contributed by atoms with Crippen LogP contribution in [0.4, 0.5) is 11.4 Å². The zero-order valence-corrected chi connectivity index (χ0v) is 23.3. The fourth-order valence-electron chi connectivity index (χ4n) is 3.90. The van der Waals surface area contributed by atoms with Gasteiger partial charge in [0.25, 0.3) is 5.91 Å². The van der Waals surface area contributed by atoms with Gasteiger partial charge in [-0.3, -0.25) is 4.79 Å². The van der Waals surface area contributed by atoms with Crippen molar-refractivity contribution in [1.29, 1.82) is 0 Å². The van der Waals surface area contributed by atoms with Crippen LogP contribution in [-0.2, 0) is 4.79 Å². The summed E-state index contributed by atoms with van der Waals surface area (Å²) in [5.74, 6) is 0.395. The van der Waals surface area contributed by atoms with Gasteiger partial charge in [-0.05, 0) is 103 Å². The summed E-state index contributed by atoms with van der Waals surface area (Å²) in [7, 11) is 0. The smallest absolute Gasteiger partial charge is 0.262 e. The Morgan fingerprint density at radius 2 is 1.63 bits per heavy atom. The first-order valence-corrected chi connectivity index (χ1v) is 13.0. The second kappa shape index (κ2) is 10.8. The predicted octanol–water partition coefficient (Wildman–Crippen LogP) is 6.43. The van der Waals surface area contributed by atoms with Gasteiger partial charge in [0, 0.05) is 28.9 Å². The summed E-state index contributed by atoms with van der Waals surface area (Å²) in [6, 6.07) is 15.8. The Bertz CT molecular complexity index is 1340. The van der Waals surface area contributed by atoms with Crippen molar-refractivity contribution in [3.05, 3.63) is 68.6 Å². The van der Waals surface area contributed by atoms with E-state index < -0.39 is 0 Å². The molecule has 3 aromatic carbocycles. The second-order valence-corrected chi connectivity index (χ2v) is 9.97. The third kappa shape index (κ3) is 5.67. The van der Waals surface area contributed by atoms with E-state index in [1.54, 1.807) is 4.80 Å². The van der Waals surface area contributed by atoms with Crippen LogP contribution in [0.1, 0.15) is 25.0 Å². The molecule has 1 amide bonds. The molecule has 0 aliphatic heterocycles. The average molecular weight is 601 g/mol. The Hall–Kier alpha value is -2.91. The molecule has 0 saturated carbocycles. The Balaban J connectivity index is 1.49. The van der Waals surface area contributed by atoms with Crippen molar-refractivity contribution in [2.45, 2.75) is 27.7 Å². The molecule has 0 radical (unpaired) electrons. The number of benzene rings is 3. The number of nitrogens with one attached hydrogen (secondary N) is 1. The van der Waals surface area contributed by atoms with Gasteiger partial charge in [-0.2, -0.15) is 4.80 Å². The molecule has 0 saturated heterocycles. The maximum absolute atomic E-state index is 12.6. The van der Waals surface area contributed by atoms with Gasteiger partial charge in [-0.25, -0.2) is 0 Å². The lowest BCUT2D eigenvalue weighted by Crippen LogP contribution is -2.21. The van der Waals surface area contributed by atoms with Crippen molar-refractivity contribution in [3.63, 3.8) is 0 Å². The van der Waals surface area contributed by atoms with Crippen molar-refractivity contribution in [2.75, 3.05) is 29.9 Å². The standard InChI is InChI=1S/C26H27Br2N5O2/c1-5-32(6-2)19-7-9-20(10-8-19)33-30-23-12-16(3)22(14-24(23)31-33)29-25(34)15-35-26-17(4)11-18(27)13-21(26)28/h7-14H,5-6,15H2,1-4H3,(H,29,34). The predicted molar refractivity (Wildman–Crippen MR) is 148 cm³/mol. The first kappa shape index (κ1) is 25.2. The topological polar surface area (TPSA) is 72.3 Å². The summed E-state index contributed by atoms with van der Waals surface area (Å²) in [6.45, 7) is 9.96. The molecule has 182 valence electrons. The summed E-state index contributed by atoms with van der Waals surface area (Å²) < 4.78 is 7.50. The number of carbonyl (C=O) groups excluding carboxylic acids is 1. The lowest BCUT2D eigenvalue weighted by atomic mass is 10.1. The van der Waals surface area contributed by atoms with Crippen LogP contribution in [0.25, 0.3) is 16.7 Å². The van der Waals surface area contributed by atoms with E-state index >= 15 is 0 Å². The highest BCUT2D eigenvalue weighted by Gasteiger charge is 2.13. The zero-order chi connectivity index (χ0) is 25.1. The largest absolute Gasteiger partial charge is 0.482 e. The average Bonchev–Trinajstić information content (AvgIpc) is 3.22. The van der Waals surface area contributed by atoms with Crippen molar-refractivity contribution in [2.24, 2.45) is 0 Å². The molecule has 0 aliphatic rings. The van der Waals surface area contributed by atoms with Crippen LogP contribution in [0.3, 0.4) is 0 Å². The van der Waals surface area contributed by atoms with Gasteiger partial charge in [0.1, 0.15) is 16.8 Å². The number of ether oxygens (including phenoxy) is 1. The third-order valence-corrected chi connectivity index (χ3v) is 6.80. The van der Waals surface area contributed by atoms with Gasteiger partial charge in [0.05, 0.1) is 10.2 Å². The Labute approximate surface area is 221 Å². The number of anilines is 2. The lowest BCUT2D eigenvalue weighted by Gasteiger charge is -2.20. The maximum atomic E-state index is 12.6. The molecule has 4 aromatic rings. The highest BCUT2D eigenvalue weighted by molar-refractivity contribution is 9.11. The SMILES string of the molecule is CCN(CC)c1ccc(-n2nc3cc(C)c(NC(=O)COc4c(C)cc(Br)cc4Br)cc3n2)cc1. The van der Waals surface area contributed by atoms with Crippen molar-refractivity contribution in [3.8, 4) is 11.4 Å². The fraction of sp³-hybridized carbons (Fsp3) is 0.269. The normalized spacial score (nSPS) is 11.0. The van der Waals surface area contributed by atoms with E-state index in [1.807, 2.05) is 50.2 Å². The Morgan fingerprint density at radius 1 is 0.971 bits per heavy atom. The second-order valence-electron chi connectivity index (χ2n) is 8.20. The number of aryl methyl sites for hydroxylation is 2. The van der Waals surface area contributed by atoms with Crippen LogP contribution in [0.2, 0.25) is 0 Å². The minimum absolute atomic E-state index is 0.107. The van der Waals surface area contributed by atoms with Crippen molar-refractivity contribution in [1.82, 2.24) is 15.0 Å². The highest BCUT2D eigenvalue weighted by Crippen LogP contribution is 2.32. The number of halogens is 2. The van der Waals surface area contributed by atoms with Crippen LogP contribution in [0, 0.1) is 13.8 Å². The minimum Gasteiger partial charge on any atom is -0.482 e. The van der Waals surface area contributed by atoms with E-state index in [9.17, 15) is 4.79 Å². The zero-order valence-electron chi connectivity index (χ0n) is 20.1. The summed E-state index contributed by atoms with van der Waals surface area (Å²) in [6.07, 6.45) is 0. The number of hydrogen-bond acceptors (Lipinski definition) is 5. The first-order valence-electron chi connectivity index (χ1n) is 11.4. The Kier molecular flexibility index (Phi) is 7.76. The van der Waals surface area contributed by atoms with Crippen LogP contribution in [0.5, 0.6) is 5.75 Å².